The molecule has 0 radical (unpaired) electrons. The molecule has 2 N–H and O–H groups in total. The number of hydrogen-bond acceptors (Lipinski definition) is 4. The van der Waals surface area contributed by atoms with E-state index in [0.717, 1.165) is 37.1 Å². The molecule has 0 spiro atoms. The Labute approximate surface area is 173 Å². The molecule has 0 unspecified atom stereocenters. The molecular weight excluding hydrogens is 400 g/mol. The number of hydrogen-bond donors (Lipinski definition) is 1. The van der Waals surface area contributed by atoms with Crippen LogP contribution < -0.4 is 10.5 Å². The molecule has 0 amide bonds. The highest BCUT2D eigenvalue weighted by Crippen LogP contribution is 2.43. The minimum atomic E-state index is -0.560. The van der Waals surface area contributed by atoms with Gasteiger partial charge in [-0.1, -0.05) is 23.2 Å². The monoisotopic (exact) mass is 419 g/mol. The zero-order chi connectivity index (χ0) is 19.8. The largest absolute Gasteiger partial charge is 0.481 e. The maximum atomic E-state index is 14.5. The Bertz CT molecular complexity index is 946. The topological polar surface area (TPSA) is 62.3 Å². The number of likely N-dealkylation sites (tertiary alicyclic amines) is 1. The zero-order valence-corrected chi connectivity index (χ0v) is 16.7. The van der Waals surface area contributed by atoms with Crippen LogP contribution in [-0.2, 0) is 6.42 Å². The van der Waals surface area contributed by atoms with Crippen LogP contribution >= 0.6 is 23.2 Å². The predicted octanol–water partition coefficient (Wildman–Crippen LogP) is 4.47. The highest BCUT2D eigenvalue weighted by molar-refractivity contribution is 6.35. The summed E-state index contributed by atoms with van der Waals surface area (Å²) in [6, 6.07) is 9.84. The van der Waals surface area contributed by atoms with Crippen molar-refractivity contribution in [1.29, 1.82) is 5.26 Å². The van der Waals surface area contributed by atoms with Gasteiger partial charge in [0.2, 0.25) is 0 Å². The van der Waals surface area contributed by atoms with Crippen molar-refractivity contribution in [1.82, 2.24) is 4.90 Å². The lowest BCUT2D eigenvalue weighted by atomic mass is 10.0. The van der Waals surface area contributed by atoms with Crippen LogP contribution in [0, 0.1) is 17.1 Å². The van der Waals surface area contributed by atoms with Gasteiger partial charge >= 0.3 is 0 Å². The summed E-state index contributed by atoms with van der Waals surface area (Å²) in [4.78, 5) is 2.31. The van der Waals surface area contributed by atoms with Crippen LogP contribution in [0.1, 0.15) is 35.6 Å². The third-order valence-corrected chi connectivity index (χ3v) is 6.09. The fourth-order valence-electron chi connectivity index (χ4n) is 4.22. The average Bonchev–Trinajstić information content (AvgIpc) is 3.02. The van der Waals surface area contributed by atoms with E-state index in [2.05, 4.69) is 4.90 Å². The van der Waals surface area contributed by atoms with Crippen LogP contribution in [0.15, 0.2) is 30.3 Å². The summed E-state index contributed by atoms with van der Waals surface area (Å²) < 4.78 is 20.7. The fourth-order valence-corrected chi connectivity index (χ4v) is 4.81. The van der Waals surface area contributed by atoms with Crippen molar-refractivity contribution in [3.05, 3.63) is 62.9 Å². The molecular formula is C21H20Cl2FN3O. The van der Waals surface area contributed by atoms with Gasteiger partial charge < -0.3 is 10.5 Å². The molecule has 1 aliphatic carbocycles. The molecule has 3 atom stereocenters. The number of benzene rings is 2. The lowest BCUT2D eigenvalue weighted by Gasteiger charge is -2.38. The summed E-state index contributed by atoms with van der Waals surface area (Å²) in [6.45, 7) is 1.67. The van der Waals surface area contributed by atoms with Gasteiger partial charge in [0.05, 0.1) is 17.7 Å². The Balaban J connectivity index is 1.71. The zero-order valence-electron chi connectivity index (χ0n) is 15.2. The first-order chi connectivity index (χ1) is 13.5. The van der Waals surface area contributed by atoms with Crippen LogP contribution in [0.3, 0.4) is 0 Å². The summed E-state index contributed by atoms with van der Waals surface area (Å²) in [6.07, 6.45) is 2.29. The van der Waals surface area contributed by atoms with Gasteiger partial charge in [-0.15, -0.1) is 0 Å². The first kappa shape index (κ1) is 19.5. The number of fused-ring (bicyclic) bond motifs is 1. The minimum Gasteiger partial charge on any atom is -0.481 e. The molecule has 0 saturated carbocycles. The van der Waals surface area contributed by atoms with Crippen molar-refractivity contribution < 1.29 is 9.13 Å². The van der Waals surface area contributed by atoms with E-state index in [1.165, 1.54) is 12.1 Å². The Morgan fingerprint density at radius 3 is 2.79 bits per heavy atom. The van der Waals surface area contributed by atoms with Gasteiger partial charge in [0.1, 0.15) is 6.10 Å². The van der Waals surface area contributed by atoms with Crippen molar-refractivity contribution in [2.45, 2.75) is 37.5 Å². The summed E-state index contributed by atoms with van der Waals surface area (Å²) in [5, 5.41) is 10.1. The van der Waals surface area contributed by atoms with E-state index in [0.29, 0.717) is 16.5 Å². The number of nitrogens with two attached hydrogens (primary N) is 1. The SMILES string of the molecule is N#Cc1ccc(O[C@H]2c3cc(Cl)cc(Cl)c3C[C@H]2N2CCC[C@@H](N)C2)c(F)c1. The van der Waals surface area contributed by atoms with Crippen molar-refractivity contribution in [2.75, 3.05) is 13.1 Å². The number of piperidine rings is 1. The normalized spacial score (nSPS) is 24.6. The summed E-state index contributed by atoms with van der Waals surface area (Å²) in [5.41, 5.74) is 8.30. The number of ether oxygens (including phenoxy) is 1. The summed E-state index contributed by atoms with van der Waals surface area (Å²) in [7, 11) is 0. The Kier molecular flexibility index (Phi) is 5.48. The van der Waals surface area contributed by atoms with Crippen molar-refractivity contribution in [2.24, 2.45) is 5.73 Å². The quantitative estimate of drug-likeness (QED) is 0.796. The molecule has 2 aliphatic rings. The van der Waals surface area contributed by atoms with Gasteiger partial charge in [-0.2, -0.15) is 5.26 Å². The third kappa shape index (κ3) is 3.70. The number of halogens is 3. The molecule has 1 heterocycles. The first-order valence-electron chi connectivity index (χ1n) is 9.30. The Morgan fingerprint density at radius 1 is 1.25 bits per heavy atom. The smallest absolute Gasteiger partial charge is 0.166 e. The van der Waals surface area contributed by atoms with Crippen LogP contribution in [0.2, 0.25) is 10.0 Å². The Morgan fingerprint density at radius 2 is 2.07 bits per heavy atom. The average molecular weight is 420 g/mol. The van der Waals surface area contributed by atoms with E-state index in [1.807, 2.05) is 12.1 Å². The van der Waals surface area contributed by atoms with Gasteiger partial charge in [0, 0.05) is 28.2 Å². The molecule has 2 aromatic rings. The summed E-state index contributed by atoms with van der Waals surface area (Å²) in [5.74, 6) is -0.450. The van der Waals surface area contributed by atoms with E-state index in [4.69, 9.17) is 38.9 Å². The molecule has 1 aliphatic heterocycles. The molecule has 1 fully saturated rings. The number of nitrogens with zero attached hydrogens (tertiary/aromatic N) is 2. The third-order valence-electron chi connectivity index (χ3n) is 5.54. The van der Waals surface area contributed by atoms with E-state index >= 15 is 0 Å². The van der Waals surface area contributed by atoms with E-state index in [-0.39, 0.29) is 23.4 Å². The second-order valence-corrected chi connectivity index (χ2v) is 8.26. The van der Waals surface area contributed by atoms with Crippen molar-refractivity contribution >= 4 is 23.2 Å². The molecule has 4 nitrogen and oxygen atoms in total. The molecule has 0 aromatic heterocycles. The molecule has 4 rings (SSSR count). The molecule has 28 heavy (non-hydrogen) atoms. The number of rotatable bonds is 3. The highest BCUT2D eigenvalue weighted by Gasteiger charge is 2.41. The molecule has 1 saturated heterocycles. The van der Waals surface area contributed by atoms with E-state index in [1.54, 1.807) is 12.1 Å². The molecule has 0 bridgehead atoms. The van der Waals surface area contributed by atoms with Gasteiger partial charge in [-0.3, -0.25) is 4.90 Å². The van der Waals surface area contributed by atoms with Gasteiger partial charge in [-0.05, 0) is 61.7 Å². The second-order valence-electron chi connectivity index (χ2n) is 7.42. The van der Waals surface area contributed by atoms with E-state index < -0.39 is 11.9 Å². The van der Waals surface area contributed by atoms with Gasteiger partial charge in [-0.25, -0.2) is 4.39 Å². The first-order valence-corrected chi connectivity index (χ1v) is 10.1. The maximum Gasteiger partial charge on any atom is 0.166 e. The highest BCUT2D eigenvalue weighted by atomic mass is 35.5. The second kappa shape index (κ2) is 7.88. The van der Waals surface area contributed by atoms with Crippen molar-refractivity contribution in [3.63, 3.8) is 0 Å². The molecule has 2 aromatic carbocycles. The molecule has 7 heteroatoms. The van der Waals surface area contributed by atoms with Crippen LogP contribution in [0.4, 0.5) is 4.39 Å². The molecule has 146 valence electrons. The van der Waals surface area contributed by atoms with Crippen molar-refractivity contribution in [3.8, 4) is 11.8 Å². The van der Waals surface area contributed by atoms with Crippen LogP contribution in [0.5, 0.6) is 5.75 Å². The maximum absolute atomic E-state index is 14.5. The summed E-state index contributed by atoms with van der Waals surface area (Å²) >= 11 is 12.7. The lowest BCUT2D eigenvalue weighted by molar-refractivity contribution is 0.0571. The number of nitriles is 1. The fraction of sp³-hybridized carbons (Fsp3) is 0.381. The minimum absolute atomic E-state index is 0.00707. The van der Waals surface area contributed by atoms with Gasteiger partial charge in [0.25, 0.3) is 0 Å². The standard InChI is InChI=1S/C21H20Cl2FN3O/c22-13-7-16-15(17(23)8-13)9-19(27-5-1-2-14(26)11-27)21(16)28-20-4-3-12(10-25)6-18(20)24/h3-4,6-8,14,19,21H,1-2,5,9,11,26H2/t14-,19-,21+/m1/s1. The Hall–Kier alpha value is -1.84. The van der Waals surface area contributed by atoms with Crippen LogP contribution in [-0.4, -0.2) is 30.1 Å². The van der Waals surface area contributed by atoms with Gasteiger partial charge in [0.15, 0.2) is 11.6 Å². The predicted molar refractivity (Wildman–Crippen MR) is 107 cm³/mol. The van der Waals surface area contributed by atoms with E-state index in [9.17, 15) is 4.39 Å². The van der Waals surface area contributed by atoms with Crippen LogP contribution in [0.25, 0.3) is 0 Å². The lowest BCUT2D eigenvalue weighted by Crippen LogP contribution is -2.49.